The summed E-state index contributed by atoms with van der Waals surface area (Å²) >= 11 is 0. The lowest BCUT2D eigenvalue weighted by Crippen LogP contribution is -2.44. The van der Waals surface area contributed by atoms with E-state index in [1.807, 2.05) is 0 Å². The number of benzene rings is 9. The van der Waals surface area contributed by atoms with Crippen LogP contribution in [0.25, 0.3) is 0 Å². The summed E-state index contributed by atoms with van der Waals surface area (Å²) in [7, 11) is -11.7. The molecule has 13 nitrogen and oxygen atoms in total. The molecule has 88 heavy (non-hydrogen) atoms. The van der Waals surface area contributed by atoms with E-state index >= 15 is 13.7 Å². The molecule has 0 heterocycles. The Bertz CT molecular complexity index is 3890. The number of rotatable bonds is 23. The van der Waals surface area contributed by atoms with Gasteiger partial charge in [0.1, 0.15) is 19.8 Å². The summed E-state index contributed by atoms with van der Waals surface area (Å²) in [5.41, 5.74) is 0.00187. The summed E-state index contributed by atoms with van der Waals surface area (Å²) in [6.45, 7) is 8.77. The van der Waals surface area contributed by atoms with Crippen molar-refractivity contribution in [2.24, 2.45) is 0 Å². The number of aliphatic hydroxyl groups is 1. The average Bonchev–Trinajstić information content (AvgIpc) is 0.946. The lowest BCUT2D eigenvalue weighted by atomic mass is 9.95. The summed E-state index contributed by atoms with van der Waals surface area (Å²) < 4.78 is 62.2. The minimum atomic E-state index is -3.91. The predicted molar refractivity (Wildman–Crippen MR) is 344 cm³/mol. The van der Waals surface area contributed by atoms with Crippen LogP contribution in [0.4, 0.5) is 0 Å². The molecule has 0 saturated carbocycles. The van der Waals surface area contributed by atoms with E-state index in [-0.39, 0.29) is 16.7 Å². The van der Waals surface area contributed by atoms with Crippen LogP contribution in [0.15, 0.2) is 218 Å². The fourth-order valence-electron chi connectivity index (χ4n) is 11.3. The summed E-state index contributed by atoms with van der Waals surface area (Å²) in [6.07, 6.45) is -2.16. The number of carbonyl (C=O) groups is 6. The van der Waals surface area contributed by atoms with Crippen LogP contribution in [0, 0.1) is 41.5 Å². The van der Waals surface area contributed by atoms with E-state index in [1.165, 1.54) is 0 Å². The van der Waals surface area contributed by atoms with E-state index in [0.29, 0.717) is 81.9 Å². The summed E-state index contributed by atoms with van der Waals surface area (Å²) in [6, 6.07) is 60.8. The van der Waals surface area contributed by atoms with Crippen molar-refractivity contribution in [3.8, 4) is 0 Å². The zero-order valence-electron chi connectivity index (χ0n) is 49.5. The first-order valence-electron chi connectivity index (χ1n) is 28.4. The first-order valence-corrected chi connectivity index (χ1v) is 33.5. The molecule has 0 amide bonds. The Kier molecular flexibility index (Phi) is 19.5. The quantitative estimate of drug-likeness (QED) is 0.0360. The van der Waals surface area contributed by atoms with Crippen molar-refractivity contribution in [3.63, 3.8) is 0 Å². The van der Waals surface area contributed by atoms with Crippen LogP contribution in [0.2, 0.25) is 0 Å². The molecule has 0 saturated heterocycles. The number of carbonyl (C=O) groups excluding carboxylic acids is 6. The van der Waals surface area contributed by atoms with Crippen LogP contribution < -0.4 is 31.8 Å². The van der Waals surface area contributed by atoms with E-state index in [4.69, 9.17) is 14.2 Å². The lowest BCUT2D eigenvalue weighted by molar-refractivity contribution is -0.179. The molecule has 0 fully saturated rings. The molecule has 446 valence electrons. The highest BCUT2D eigenvalue weighted by molar-refractivity contribution is 7.94. The average molecular weight is 1230 g/mol. The molecule has 0 aromatic heterocycles. The van der Waals surface area contributed by atoms with Crippen molar-refractivity contribution in [1.29, 1.82) is 0 Å². The lowest BCUT2D eigenvalue weighted by Gasteiger charge is -2.25. The van der Waals surface area contributed by atoms with Gasteiger partial charge in [0.05, 0.1) is 12.8 Å². The Balaban J connectivity index is 0.952. The molecule has 0 unspecified atom stereocenters. The van der Waals surface area contributed by atoms with Crippen LogP contribution in [0.5, 0.6) is 0 Å². The Morgan fingerprint density at radius 2 is 0.523 bits per heavy atom. The molecule has 0 radical (unpaired) electrons. The van der Waals surface area contributed by atoms with Gasteiger partial charge in [-0.3, -0.25) is 24.0 Å². The number of esters is 3. The van der Waals surface area contributed by atoms with E-state index < -0.39 is 94.2 Å². The molecule has 0 aliphatic carbocycles. The fourth-order valence-corrected chi connectivity index (χ4v) is 19.1. The molecule has 0 aliphatic heterocycles. The molecule has 9 aromatic rings. The van der Waals surface area contributed by atoms with Gasteiger partial charge in [-0.05, 0) is 91.6 Å². The Labute approximate surface area is 511 Å². The Morgan fingerprint density at radius 3 is 0.727 bits per heavy atom. The highest BCUT2D eigenvalue weighted by Crippen LogP contribution is 2.51. The molecule has 0 bridgehead atoms. The molecule has 1 N–H and O–H groups in total. The molecule has 0 atom stereocenters. The summed E-state index contributed by atoms with van der Waals surface area (Å²) in [4.78, 5) is 85.9. The zero-order chi connectivity index (χ0) is 63.0. The van der Waals surface area contributed by atoms with Crippen LogP contribution in [-0.2, 0) is 62.1 Å². The highest BCUT2D eigenvalue weighted by atomic mass is 31.2. The Hall–Kier alpha value is -8.95. The molecule has 0 aliphatic rings. The first kappa shape index (κ1) is 63.5. The van der Waals surface area contributed by atoms with E-state index in [2.05, 4.69) is 0 Å². The molecule has 9 aromatic carbocycles. The van der Waals surface area contributed by atoms with Gasteiger partial charge in [-0.1, -0.05) is 218 Å². The summed E-state index contributed by atoms with van der Waals surface area (Å²) in [5, 5.41) is 14.4. The van der Waals surface area contributed by atoms with Crippen molar-refractivity contribution >= 4 is 87.7 Å². The molecule has 9 rings (SSSR count). The number of aryl methyl sites for hydroxylation is 6. The second-order valence-electron chi connectivity index (χ2n) is 21.9. The third kappa shape index (κ3) is 13.2. The van der Waals surface area contributed by atoms with Crippen molar-refractivity contribution in [2.75, 3.05) is 0 Å². The van der Waals surface area contributed by atoms with Crippen LogP contribution in [0.3, 0.4) is 0 Å². The first-order chi connectivity index (χ1) is 42.1. The minimum absolute atomic E-state index is 0.213. The standard InChI is InChI=1S/C72H65O13P3/c1-48-37-54(38-49(2)65(48)68(75)86(80,57-25-13-7-14-26-57)58-27-15-8-16-28-58)45-83-63(73)43-72(79,71(78)85-47-56-41-52(5)67(53(6)42-56)70(77)88(82,61-33-21-11-22-34-61)62-35-23-12-24-36-62)44-64(74)84-46-55-39-50(3)66(51(4)40-55)69(76)87(81,59-29-17-9-18-30-59)60-31-19-10-20-32-60/h7-42,79H,43-47H2,1-6H3. The molecular weight excluding hydrogens is 1170 g/mol. The van der Waals surface area contributed by atoms with E-state index in [9.17, 15) is 33.9 Å². The fraction of sp³-hybridized carbons (Fsp3) is 0.167. The second-order valence-corrected chi connectivity index (χ2v) is 29.8. The van der Waals surface area contributed by atoms with Gasteiger partial charge in [0, 0.05) is 48.5 Å². The van der Waals surface area contributed by atoms with Gasteiger partial charge in [0.15, 0.2) is 5.60 Å². The molecule has 16 heteroatoms. The molecular formula is C72H65O13P3. The highest BCUT2D eigenvalue weighted by Gasteiger charge is 2.45. The maximum absolute atomic E-state index is 15.1. The van der Waals surface area contributed by atoms with Crippen LogP contribution in [0.1, 0.15) is 94.0 Å². The van der Waals surface area contributed by atoms with E-state index in [0.717, 1.165) is 0 Å². The number of hydrogen-bond donors (Lipinski definition) is 1. The number of ether oxygens (including phenoxy) is 3. The third-order valence-corrected chi connectivity index (χ3v) is 24.0. The second kappa shape index (κ2) is 27.0. The smallest absolute Gasteiger partial charge is 0.339 e. The van der Waals surface area contributed by atoms with Crippen LogP contribution in [-0.4, -0.2) is 45.2 Å². The maximum Gasteiger partial charge on any atom is 0.339 e. The van der Waals surface area contributed by atoms with Crippen LogP contribution >= 0.6 is 21.4 Å². The topological polar surface area (TPSA) is 202 Å². The van der Waals surface area contributed by atoms with Gasteiger partial charge in [0.25, 0.3) is 0 Å². The van der Waals surface area contributed by atoms with Gasteiger partial charge in [-0.15, -0.1) is 0 Å². The van der Waals surface area contributed by atoms with Crippen molar-refractivity contribution in [2.45, 2.75) is 79.8 Å². The largest absolute Gasteiger partial charge is 0.461 e. The third-order valence-electron chi connectivity index (χ3n) is 15.4. The van der Waals surface area contributed by atoms with Crippen molar-refractivity contribution in [3.05, 3.63) is 285 Å². The van der Waals surface area contributed by atoms with Crippen molar-refractivity contribution in [1.82, 2.24) is 0 Å². The van der Waals surface area contributed by atoms with Gasteiger partial charge >= 0.3 is 17.9 Å². The molecule has 0 spiro atoms. The van der Waals surface area contributed by atoms with Gasteiger partial charge < -0.3 is 33.0 Å². The Morgan fingerprint density at radius 1 is 0.330 bits per heavy atom. The predicted octanol–water partition coefficient (Wildman–Crippen LogP) is 12.0. The number of hydrogen-bond acceptors (Lipinski definition) is 13. The van der Waals surface area contributed by atoms with Gasteiger partial charge in [-0.25, -0.2) is 4.79 Å². The minimum Gasteiger partial charge on any atom is -0.461 e. The van der Waals surface area contributed by atoms with Crippen molar-refractivity contribution < 1.29 is 61.8 Å². The van der Waals surface area contributed by atoms with Gasteiger partial charge in [-0.2, -0.15) is 0 Å². The SMILES string of the molecule is Cc1cc(COC(=O)CC(O)(CC(=O)OCc2cc(C)c(C(=O)P(=O)(c3ccccc3)c3ccccc3)c(C)c2)C(=O)OCc2cc(C)c(C(=O)P(=O)(c3ccccc3)c3ccccc3)c(C)c2)cc(C)c1C(=O)P(=O)(c1ccccc1)c1ccccc1. The van der Waals surface area contributed by atoms with Gasteiger partial charge in [0.2, 0.25) is 38.0 Å². The normalized spacial score (nSPS) is 11.8. The zero-order valence-corrected chi connectivity index (χ0v) is 52.2. The van der Waals surface area contributed by atoms with E-state index in [1.54, 1.807) is 260 Å². The maximum atomic E-state index is 15.1. The monoisotopic (exact) mass is 1230 g/mol. The summed E-state index contributed by atoms with van der Waals surface area (Å²) in [5.74, 6) is -3.59.